The number of hydrogen-bond acceptors (Lipinski definition) is 0. The second-order valence-corrected chi connectivity index (χ2v) is 2.60. The fourth-order valence-corrected chi connectivity index (χ4v) is 1.15. The van der Waals surface area contributed by atoms with Gasteiger partial charge in [-0.2, -0.15) is 0 Å². The maximum atomic E-state index is 3.90. The van der Waals surface area contributed by atoms with Crippen LogP contribution in [0.3, 0.4) is 0 Å². The largest absolute Gasteiger partial charge is 0.0999 e. The molecule has 0 nitrogen and oxygen atoms in total. The molecular formula is C7H12. The van der Waals surface area contributed by atoms with Crippen molar-refractivity contribution in [3.05, 3.63) is 12.2 Å². The fourth-order valence-electron chi connectivity index (χ4n) is 1.15. The second kappa shape index (κ2) is 1.69. The van der Waals surface area contributed by atoms with Crippen LogP contribution in [0.5, 0.6) is 0 Å². The molecule has 7 heavy (non-hydrogen) atoms. The first-order valence-electron chi connectivity index (χ1n) is 2.95. The minimum atomic E-state index is 0.924. The van der Waals surface area contributed by atoms with E-state index in [1.165, 1.54) is 24.8 Å². The molecule has 1 rings (SSSR count). The van der Waals surface area contributed by atoms with Crippen molar-refractivity contribution >= 4 is 0 Å². The lowest BCUT2D eigenvalue weighted by Gasteiger charge is -1.92. The van der Waals surface area contributed by atoms with E-state index in [4.69, 9.17) is 0 Å². The molecule has 1 atom stereocenters. The highest BCUT2D eigenvalue weighted by Crippen LogP contribution is 2.27. The Bertz CT molecular complexity index is 82.0. The van der Waals surface area contributed by atoms with Crippen LogP contribution in [-0.4, -0.2) is 0 Å². The SMILES string of the molecule is C=C1CC[C@H](C)C1. The van der Waals surface area contributed by atoms with Gasteiger partial charge in [0.25, 0.3) is 0 Å². The van der Waals surface area contributed by atoms with E-state index >= 15 is 0 Å². The Morgan fingerprint density at radius 1 is 1.71 bits per heavy atom. The summed E-state index contributed by atoms with van der Waals surface area (Å²) in [5.74, 6) is 0.924. The molecule has 1 aliphatic carbocycles. The molecule has 1 saturated carbocycles. The predicted octanol–water partition coefficient (Wildman–Crippen LogP) is 2.36. The Morgan fingerprint density at radius 3 is 2.57 bits per heavy atom. The summed E-state index contributed by atoms with van der Waals surface area (Å²) in [4.78, 5) is 0. The molecular weight excluding hydrogens is 84.1 g/mol. The Hall–Kier alpha value is -0.260. The van der Waals surface area contributed by atoms with Crippen LogP contribution in [0, 0.1) is 5.92 Å². The molecule has 0 saturated heterocycles. The van der Waals surface area contributed by atoms with Crippen molar-refractivity contribution < 1.29 is 0 Å². The number of allylic oxidation sites excluding steroid dienone is 1. The maximum absolute atomic E-state index is 3.90. The maximum Gasteiger partial charge on any atom is -0.0297 e. The zero-order chi connectivity index (χ0) is 5.28. The molecule has 1 fully saturated rings. The van der Waals surface area contributed by atoms with E-state index in [1.807, 2.05) is 0 Å². The lowest BCUT2D eigenvalue weighted by atomic mass is 10.1. The number of rotatable bonds is 0. The summed E-state index contributed by atoms with van der Waals surface area (Å²) < 4.78 is 0. The summed E-state index contributed by atoms with van der Waals surface area (Å²) >= 11 is 0. The third kappa shape index (κ3) is 1.05. The topological polar surface area (TPSA) is 0 Å². The standard InChI is InChI=1S/C7H12/c1-6-3-4-7(2)5-6/h7H,1,3-5H2,2H3/t7-/m0/s1. The monoisotopic (exact) mass is 96.1 g/mol. The molecule has 0 aromatic rings. The quantitative estimate of drug-likeness (QED) is 0.406. The van der Waals surface area contributed by atoms with E-state index in [0.29, 0.717) is 0 Å². The van der Waals surface area contributed by atoms with E-state index in [2.05, 4.69) is 13.5 Å². The van der Waals surface area contributed by atoms with Crippen LogP contribution >= 0.6 is 0 Å². The molecule has 0 unspecified atom stereocenters. The Balaban J connectivity index is 2.40. The highest BCUT2D eigenvalue weighted by Gasteiger charge is 2.11. The van der Waals surface area contributed by atoms with Crippen molar-refractivity contribution in [1.82, 2.24) is 0 Å². The molecule has 1 aliphatic rings. The van der Waals surface area contributed by atoms with Gasteiger partial charge in [-0.1, -0.05) is 19.1 Å². The normalized spacial score (nSPS) is 31.6. The smallest absolute Gasteiger partial charge is 0.0297 e. The molecule has 0 spiro atoms. The van der Waals surface area contributed by atoms with Crippen LogP contribution in [0.2, 0.25) is 0 Å². The van der Waals surface area contributed by atoms with Gasteiger partial charge in [-0.15, -0.1) is 0 Å². The van der Waals surface area contributed by atoms with Crippen molar-refractivity contribution in [3.63, 3.8) is 0 Å². The van der Waals surface area contributed by atoms with Crippen LogP contribution < -0.4 is 0 Å². The highest BCUT2D eigenvalue weighted by molar-refractivity contribution is 5.00. The zero-order valence-corrected chi connectivity index (χ0v) is 4.91. The van der Waals surface area contributed by atoms with Crippen molar-refractivity contribution in [1.29, 1.82) is 0 Å². The van der Waals surface area contributed by atoms with Gasteiger partial charge in [0.15, 0.2) is 0 Å². The lowest BCUT2D eigenvalue weighted by Crippen LogP contribution is -1.79. The molecule has 0 amide bonds. The third-order valence-corrected chi connectivity index (χ3v) is 1.63. The molecule has 0 radical (unpaired) electrons. The predicted molar refractivity (Wildman–Crippen MR) is 32.2 cm³/mol. The minimum Gasteiger partial charge on any atom is -0.0999 e. The first-order chi connectivity index (χ1) is 3.29. The molecule has 0 aromatic carbocycles. The molecule has 0 heterocycles. The molecule has 40 valence electrons. The molecule has 0 aliphatic heterocycles. The van der Waals surface area contributed by atoms with E-state index in [9.17, 15) is 0 Å². The number of hydrogen-bond donors (Lipinski definition) is 0. The average molecular weight is 96.2 g/mol. The van der Waals surface area contributed by atoms with E-state index in [0.717, 1.165) is 5.92 Å². The van der Waals surface area contributed by atoms with Crippen LogP contribution in [0.25, 0.3) is 0 Å². The van der Waals surface area contributed by atoms with Crippen LogP contribution in [0.1, 0.15) is 26.2 Å². The van der Waals surface area contributed by atoms with Gasteiger partial charge >= 0.3 is 0 Å². The van der Waals surface area contributed by atoms with Gasteiger partial charge in [0.05, 0.1) is 0 Å². The van der Waals surface area contributed by atoms with E-state index in [-0.39, 0.29) is 0 Å². The van der Waals surface area contributed by atoms with Crippen LogP contribution in [0.15, 0.2) is 12.2 Å². The third-order valence-electron chi connectivity index (χ3n) is 1.63. The molecule has 0 N–H and O–H groups in total. The molecule has 0 heteroatoms. The van der Waals surface area contributed by atoms with Crippen molar-refractivity contribution in [2.24, 2.45) is 5.92 Å². The van der Waals surface area contributed by atoms with Crippen LogP contribution in [0.4, 0.5) is 0 Å². The van der Waals surface area contributed by atoms with Crippen molar-refractivity contribution in [2.75, 3.05) is 0 Å². The van der Waals surface area contributed by atoms with Crippen molar-refractivity contribution in [3.8, 4) is 0 Å². The van der Waals surface area contributed by atoms with Crippen LogP contribution in [-0.2, 0) is 0 Å². The molecule has 0 aromatic heterocycles. The van der Waals surface area contributed by atoms with Gasteiger partial charge < -0.3 is 0 Å². The van der Waals surface area contributed by atoms with Gasteiger partial charge in [0.1, 0.15) is 0 Å². The van der Waals surface area contributed by atoms with E-state index < -0.39 is 0 Å². The summed E-state index contributed by atoms with van der Waals surface area (Å²) in [6, 6.07) is 0. The summed E-state index contributed by atoms with van der Waals surface area (Å²) in [7, 11) is 0. The summed E-state index contributed by atoms with van der Waals surface area (Å²) in [6.45, 7) is 6.19. The van der Waals surface area contributed by atoms with Gasteiger partial charge in [0.2, 0.25) is 0 Å². The summed E-state index contributed by atoms with van der Waals surface area (Å²) in [6.07, 6.45) is 3.93. The summed E-state index contributed by atoms with van der Waals surface area (Å²) in [5.41, 5.74) is 1.45. The van der Waals surface area contributed by atoms with Gasteiger partial charge in [-0.3, -0.25) is 0 Å². The Labute approximate surface area is 45.2 Å². The fraction of sp³-hybridized carbons (Fsp3) is 0.714. The van der Waals surface area contributed by atoms with Gasteiger partial charge in [-0.25, -0.2) is 0 Å². The van der Waals surface area contributed by atoms with E-state index in [1.54, 1.807) is 0 Å². The lowest BCUT2D eigenvalue weighted by molar-refractivity contribution is 0.620. The summed E-state index contributed by atoms with van der Waals surface area (Å²) in [5, 5.41) is 0. The Morgan fingerprint density at radius 2 is 2.43 bits per heavy atom. The first-order valence-corrected chi connectivity index (χ1v) is 2.95. The zero-order valence-electron chi connectivity index (χ0n) is 4.91. The van der Waals surface area contributed by atoms with Gasteiger partial charge in [0, 0.05) is 0 Å². The highest BCUT2D eigenvalue weighted by atomic mass is 14.2. The molecule has 0 bridgehead atoms. The first kappa shape index (κ1) is 4.89. The average Bonchev–Trinajstić information content (AvgIpc) is 1.87. The van der Waals surface area contributed by atoms with Crippen molar-refractivity contribution in [2.45, 2.75) is 26.2 Å². The minimum absolute atomic E-state index is 0.924. The van der Waals surface area contributed by atoms with Gasteiger partial charge in [-0.05, 0) is 25.2 Å². The Kier molecular flexibility index (Phi) is 1.18. The second-order valence-electron chi connectivity index (χ2n) is 2.60.